The van der Waals surface area contributed by atoms with Gasteiger partial charge in [0.05, 0.1) is 11.0 Å². The van der Waals surface area contributed by atoms with Crippen LogP contribution in [-0.2, 0) is 4.74 Å². The monoisotopic (exact) mass is 239 g/mol. The third-order valence-corrected chi connectivity index (χ3v) is 2.50. The molecule has 0 unspecified atom stereocenters. The number of benzene rings is 1. The van der Waals surface area contributed by atoms with Crippen molar-refractivity contribution in [2.45, 2.75) is 6.42 Å². The highest BCUT2D eigenvalue weighted by Gasteiger charge is 2.01. The van der Waals surface area contributed by atoms with Crippen LogP contribution in [0.3, 0.4) is 0 Å². The van der Waals surface area contributed by atoms with E-state index in [0.717, 1.165) is 36.6 Å². The summed E-state index contributed by atoms with van der Waals surface area (Å²) in [7, 11) is 1.70. The van der Waals surface area contributed by atoms with E-state index in [1.165, 1.54) is 0 Å². The zero-order valence-corrected chi connectivity index (χ0v) is 9.84. The normalized spacial score (nSPS) is 10.9. The summed E-state index contributed by atoms with van der Waals surface area (Å²) >= 11 is 5.89. The van der Waals surface area contributed by atoms with Crippen molar-refractivity contribution >= 4 is 28.6 Å². The second kappa shape index (κ2) is 5.18. The highest BCUT2D eigenvalue weighted by atomic mass is 35.5. The summed E-state index contributed by atoms with van der Waals surface area (Å²) in [5, 5.41) is 3.91. The molecule has 2 N–H and O–H groups in total. The average Bonchev–Trinajstić information content (AvgIpc) is 2.66. The molecule has 0 fully saturated rings. The third kappa shape index (κ3) is 2.65. The summed E-state index contributed by atoms with van der Waals surface area (Å²) in [5.41, 5.74) is 1.86. The third-order valence-electron chi connectivity index (χ3n) is 2.26. The van der Waals surface area contributed by atoms with Gasteiger partial charge in [0.1, 0.15) is 0 Å². The Morgan fingerprint density at radius 1 is 1.50 bits per heavy atom. The number of methoxy groups -OCH3 is 1. The number of anilines is 1. The van der Waals surface area contributed by atoms with Crippen molar-refractivity contribution in [1.82, 2.24) is 9.97 Å². The summed E-state index contributed by atoms with van der Waals surface area (Å²) in [6.45, 7) is 1.58. The first-order chi connectivity index (χ1) is 7.79. The van der Waals surface area contributed by atoms with Crippen molar-refractivity contribution in [3.8, 4) is 0 Å². The van der Waals surface area contributed by atoms with Gasteiger partial charge in [-0.1, -0.05) is 11.6 Å². The molecule has 0 radical (unpaired) electrons. The fraction of sp³-hybridized carbons (Fsp3) is 0.364. The van der Waals surface area contributed by atoms with E-state index in [4.69, 9.17) is 16.3 Å². The fourth-order valence-corrected chi connectivity index (χ4v) is 1.66. The lowest BCUT2D eigenvalue weighted by Gasteiger charge is -2.00. The average molecular weight is 240 g/mol. The Hall–Kier alpha value is -1.26. The number of hydrogen-bond donors (Lipinski definition) is 2. The van der Waals surface area contributed by atoms with Crippen molar-refractivity contribution in [1.29, 1.82) is 0 Å². The van der Waals surface area contributed by atoms with E-state index in [0.29, 0.717) is 5.02 Å². The van der Waals surface area contributed by atoms with Crippen LogP contribution >= 0.6 is 11.6 Å². The molecular weight excluding hydrogens is 226 g/mol. The van der Waals surface area contributed by atoms with Gasteiger partial charge in [0.15, 0.2) is 0 Å². The van der Waals surface area contributed by atoms with Crippen molar-refractivity contribution in [3.05, 3.63) is 23.2 Å². The first-order valence-electron chi connectivity index (χ1n) is 5.17. The molecule has 0 saturated carbocycles. The van der Waals surface area contributed by atoms with Crippen molar-refractivity contribution < 1.29 is 4.74 Å². The zero-order chi connectivity index (χ0) is 11.4. The number of aromatic amines is 1. The number of aromatic nitrogens is 2. The van der Waals surface area contributed by atoms with Gasteiger partial charge in [-0.05, 0) is 24.6 Å². The number of ether oxygens (including phenoxy) is 1. The van der Waals surface area contributed by atoms with E-state index in [1.807, 2.05) is 18.2 Å². The first kappa shape index (κ1) is 11.2. The Labute approximate surface area is 99.0 Å². The summed E-state index contributed by atoms with van der Waals surface area (Å²) < 4.78 is 4.97. The maximum Gasteiger partial charge on any atom is 0.201 e. The van der Waals surface area contributed by atoms with Gasteiger partial charge < -0.3 is 15.0 Å². The van der Waals surface area contributed by atoms with Gasteiger partial charge in [-0.2, -0.15) is 0 Å². The Kier molecular flexibility index (Phi) is 3.64. The Morgan fingerprint density at radius 3 is 3.19 bits per heavy atom. The van der Waals surface area contributed by atoms with Crippen molar-refractivity contribution in [2.75, 3.05) is 25.6 Å². The quantitative estimate of drug-likeness (QED) is 0.789. The summed E-state index contributed by atoms with van der Waals surface area (Å²) in [4.78, 5) is 7.55. The molecular formula is C11H14ClN3O. The van der Waals surface area contributed by atoms with Crippen LogP contribution in [0.25, 0.3) is 11.0 Å². The van der Waals surface area contributed by atoms with Crippen LogP contribution in [0.15, 0.2) is 18.2 Å². The molecule has 1 heterocycles. The molecule has 0 saturated heterocycles. The fourth-order valence-electron chi connectivity index (χ4n) is 1.49. The Morgan fingerprint density at radius 2 is 2.38 bits per heavy atom. The lowest BCUT2D eigenvalue weighted by Crippen LogP contribution is -2.05. The molecule has 4 nitrogen and oxygen atoms in total. The van der Waals surface area contributed by atoms with E-state index < -0.39 is 0 Å². The molecule has 0 amide bonds. The number of fused-ring (bicyclic) bond motifs is 1. The van der Waals surface area contributed by atoms with Gasteiger partial charge in [-0.25, -0.2) is 4.98 Å². The molecule has 0 aliphatic carbocycles. The van der Waals surface area contributed by atoms with Gasteiger partial charge in [-0.15, -0.1) is 0 Å². The van der Waals surface area contributed by atoms with E-state index in [1.54, 1.807) is 7.11 Å². The molecule has 0 spiro atoms. The lowest BCUT2D eigenvalue weighted by atomic mass is 10.3. The topological polar surface area (TPSA) is 49.9 Å². The minimum Gasteiger partial charge on any atom is -0.385 e. The number of nitrogens with zero attached hydrogens (tertiary/aromatic N) is 1. The summed E-state index contributed by atoms with van der Waals surface area (Å²) in [6, 6.07) is 5.60. The number of nitrogens with one attached hydrogen (secondary N) is 2. The molecule has 2 rings (SSSR count). The number of rotatable bonds is 5. The number of halogens is 1. The standard InChI is InChI=1S/C11H14ClN3O/c1-16-6-2-5-13-11-14-9-4-3-8(12)7-10(9)15-11/h3-4,7H,2,5-6H2,1H3,(H2,13,14,15). The number of imidazole rings is 1. The second-order valence-electron chi connectivity index (χ2n) is 3.52. The van der Waals surface area contributed by atoms with Crippen LogP contribution in [0.1, 0.15) is 6.42 Å². The minimum atomic E-state index is 0.710. The Balaban J connectivity index is 2.02. The van der Waals surface area contributed by atoms with E-state index in [-0.39, 0.29) is 0 Å². The van der Waals surface area contributed by atoms with Gasteiger partial charge in [0, 0.05) is 25.3 Å². The smallest absolute Gasteiger partial charge is 0.201 e. The van der Waals surface area contributed by atoms with Crippen LogP contribution < -0.4 is 5.32 Å². The van der Waals surface area contributed by atoms with E-state index in [9.17, 15) is 0 Å². The maximum atomic E-state index is 5.89. The molecule has 0 aliphatic rings. The number of hydrogen-bond acceptors (Lipinski definition) is 3. The molecule has 86 valence electrons. The van der Waals surface area contributed by atoms with E-state index >= 15 is 0 Å². The predicted octanol–water partition coefficient (Wildman–Crippen LogP) is 2.66. The van der Waals surface area contributed by atoms with Gasteiger partial charge in [-0.3, -0.25) is 0 Å². The largest absolute Gasteiger partial charge is 0.385 e. The van der Waals surface area contributed by atoms with E-state index in [2.05, 4.69) is 15.3 Å². The lowest BCUT2D eigenvalue weighted by molar-refractivity contribution is 0.197. The van der Waals surface area contributed by atoms with Crippen LogP contribution in [0.5, 0.6) is 0 Å². The molecule has 5 heteroatoms. The Bertz CT molecular complexity index is 469. The highest BCUT2D eigenvalue weighted by Crippen LogP contribution is 2.18. The molecule has 1 aromatic carbocycles. The zero-order valence-electron chi connectivity index (χ0n) is 9.09. The van der Waals surface area contributed by atoms with Gasteiger partial charge >= 0.3 is 0 Å². The van der Waals surface area contributed by atoms with Crippen LogP contribution in [0.2, 0.25) is 5.02 Å². The minimum absolute atomic E-state index is 0.710. The molecule has 16 heavy (non-hydrogen) atoms. The van der Waals surface area contributed by atoms with Crippen LogP contribution in [-0.4, -0.2) is 30.2 Å². The predicted molar refractivity (Wildman–Crippen MR) is 66.1 cm³/mol. The molecule has 2 aromatic rings. The van der Waals surface area contributed by atoms with Crippen LogP contribution in [0.4, 0.5) is 5.95 Å². The number of H-pyrrole nitrogens is 1. The molecule has 0 atom stereocenters. The molecule has 1 aromatic heterocycles. The molecule has 0 bridgehead atoms. The van der Waals surface area contributed by atoms with Gasteiger partial charge in [0.2, 0.25) is 5.95 Å². The summed E-state index contributed by atoms with van der Waals surface area (Å²) in [5.74, 6) is 0.772. The first-order valence-corrected chi connectivity index (χ1v) is 5.55. The summed E-state index contributed by atoms with van der Waals surface area (Å²) in [6.07, 6.45) is 0.953. The highest BCUT2D eigenvalue weighted by molar-refractivity contribution is 6.31. The van der Waals surface area contributed by atoms with Crippen molar-refractivity contribution in [2.24, 2.45) is 0 Å². The maximum absolute atomic E-state index is 5.89. The van der Waals surface area contributed by atoms with Crippen LogP contribution in [0, 0.1) is 0 Å². The molecule has 0 aliphatic heterocycles. The SMILES string of the molecule is COCCCNc1nc2ccc(Cl)cc2[nH]1. The van der Waals surface area contributed by atoms with Gasteiger partial charge in [0.25, 0.3) is 0 Å². The second-order valence-corrected chi connectivity index (χ2v) is 3.96. The van der Waals surface area contributed by atoms with Crippen molar-refractivity contribution in [3.63, 3.8) is 0 Å².